The molecule has 0 spiro atoms. The number of aromatic nitrogens is 2. The largest absolute Gasteiger partial charge is 0.312 e. The van der Waals surface area contributed by atoms with E-state index in [1.54, 1.807) is 0 Å². The van der Waals surface area contributed by atoms with Crippen LogP contribution in [-0.4, -0.2) is 40.4 Å². The quantitative estimate of drug-likeness (QED) is 0.928. The number of fused-ring (bicyclic) bond motifs is 1. The van der Waals surface area contributed by atoms with Gasteiger partial charge < -0.3 is 5.32 Å². The lowest BCUT2D eigenvalue weighted by molar-refractivity contribution is 0.299. The van der Waals surface area contributed by atoms with Gasteiger partial charge in [-0.2, -0.15) is 5.10 Å². The molecule has 1 aromatic rings. The summed E-state index contributed by atoms with van der Waals surface area (Å²) in [5, 5.41) is 8.56. The van der Waals surface area contributed by atoms with Crippen molar-refractivity contribution in [2.75, 3.05) is 19.6 Å². The molecule has 116 valence electrons. The average Bonchev–Trinajstić information content (AvgIpc) is 3.14. The standard InChI is InChI=1S/C17H28N4/c1-2-6-16(7-3-1)21-10-8-15(19-21)12-20-11-14-5-4-9-18-17(14)13-20/h8,10,14,16-18H,1-7,9,11-13H2. The summed E-state index contributed by atoms with van der Waals surface area (Å²) in [5.74, 6) is 0.874. The first-order valence-corrected chi connectivity index (χ1v) is 8.88. The minimum atomic E-state index is 0.662. The molecule has 2 aliphatic heterocycles. The topological polar surface area (TPSA) is 33.1 Å². The SMILES string of the molecule is c1cn(C2CCCCC2)nc1CN1CC2CCCNC2C1. The van der Waals surface area contributed by atoms with Gasteiger partial charge in [-0.25, -0.2) is 0 Å². The van der Waals surface area contributed by atoms with Crippen molar-refractivity contribution in [2.24, 2.45) is 5.92 Å². The first-order chi connectivity index (χ1) is 10.4. The highest BCUT2D eigenvalue weighted by molar-refractivity contribution is 5.02. The van der Waals surface area contributed by atoms with Gasteiger partial charge in [-0.3, -0.25) is 9.58 Å². The van der Waals surface area contributed by atoms with Gasteiger partial charge in [0, 0.05) is 31.9 Å². The smallest absolute Gasteiger partial charge is 0.0764 e. The van der Waals surface area contributed by atoms with Gasteiger partial charge in [0.25, 0.3) is 0 Å². The average molecular weight is 288 g/mol. The third-order valence-electron chi connectivity index (χ3n) is 5.67. The van der Waals surface area contributed by atoms with Crippen molar-refractivity contribution in [2.45, 2.75) is 63.6 Å². The van der Waals surface area contributed by atoms with Crippen LogP contribution in [0.5, 0.6) is 0 Å². The Bertz CT molecular complexity index is 449. The van der Waals surface area contributed by atoms with Crippen molar-refractivity contribution in [1.29, 1.82) is 0 Å². The van der Waals surface area contributed by atoms with Crippen LogP contribution in [0.2, 0.25) is 0 Å². The van der Waals surface area contributed by atoms with Crippen LogP contribution in [0.4, 0.5) is 0 Å². The predicted molar refractivity (Wildman–Crippen MR) is 84.1 cm³/mol. The van der Waals surface area contributed by atoms with Crippen LogP contribution in [-0.2, 0) is 6.54 Å². The molecule has 4 rings (SSSR count). The number of likely N-dealkylation sites (tertiary alicyclic amines) is 1. The van der Waals surface area contributed by atoms with Gasteiger partial charge in [0.05, 0.1) is 11.7 Å². The zero-order valence-corrected chi connectivity index (χ0v) is 13.0. The van der Waals surface area contributed by atoms with Crippen molar-refractivity contribution < 1.29 is 0 Å². The van der Waals surface area contributed by atoms with Gasteiger partial charge in [-0.05, 0) is 44.2 Å². The van der Waals surface area contributed by atoms with Gasteiger partial charge in [-0.1, -0.05) is 19.3 Å². The van der Waals surface area contributed by atoms with Crippen LogP contribution in [0.1, 0.15) is 56.7 Å². The van der Waals surface area contributed by atoms with Gasteiger partial charge >= 0.3 is 0 Å². The fourth-order valence-electron chi connectivity index (χ4n) is 4.50. The second-order valence-electron chi connectivity index (χ2n) is 7.24. The Labute approximate surface area is 127 Å². The molecule has 1 saturated carbocycles. The predicted octanol–water partition coefficient (Wildman–Crippen LogP) is 2.57. The van der Waals surface area contributed by atoms with E-state index in [0.717, 1.165) is 18.5 Å². The summed E-state index contributed by atoms with van der Waals surface area (Å²) in [6.07, 6.45) is 11.8. The lowest BCUT2D eigenvalue weighted by atomic mass is 9.94. The van der Waals surface area contributed by atoms with E-state index in [9.17, 15) is 0 Å². The third kappa shape index (κ3) is 3.02. The molecular weight excluding hydrogens is 260 g/mol. The Morgan fingerprint density at radius 3 is 2.86 bits per heavy atom. The van der Waals surface area contributed by atoms with Crippen molar-refractivity contribution >= 4 is 0 Å². The Morgan fingerprint density at radius 2 is 2.00 bits per heavy atom. The fourth-order valence-corrected chi connectivity index (χ4v) is 4.50. The second kappa shape index (κ2) is 6.09. The number of nitrogens with one attached hydrogen (secondary N) is 1. The number of nitrogens with zero attached hydrogens (tertiary/aromatic N) is 3. The molecule has 0 amide bonds. The lowest BCUT2D eigenvalue weighted by Crippen LogP contribution is -2.40. The monoisotopic (exact) mass is 288 g/mol. The van der Waals surface area contributed by atoms with E-state index < -0.39 is 0 Å². The molecule has 4 heteroatoms. The molecule has 1 aromatic heterocycles. The van der Waals surface area contributed by atoms with Crippen molar-refractivity contribution in [1.82, 2.24) is 20.0 Å². The highest BCUT2D eigenvalue weighted by Crippen LogP contribution is 2.28. The molecule has 21 heavy (non-hydrogen) atoms. The molecule has 0 aromatic carbocycles. The van der Waals surface area contributed by atoms with E-state index in [1.807, 2.05) is 0 Å². The molecule has 2 saturated heterocycles. The normalized spacial score (nSPS) is 31.4. The van der Waals surface area contributed by atoms with Crippen molar-refractivity contribution in [3.8, 4) is 0 Å². The maximum Gasteiger partial charge on any atom is 0.0764 e. The van der Waals surface area contributed by atoms with Gasteiger partial charge in [-0.15, -0.1) is 0 Å². The number of rotatable bonds is 3. The van der Waals surface area contributed by atoms with Crippen LogP contribution in [0.25, 0.3) is 0 Å². The summed E-state index contributed by atoms with van der Waals surface area (Å²) in [6, 6.07) is 3.64. The molecule has 2 unspecified atom stereocenters. The minimum Gasteiger partial charge on any atom is -0.312 e. The Hall–Kier alpha value is -0.870. The molecule has 2 atom stereocenters. The Kier molecular flexibility index (Phi) is 3.99. The first kappa shape index (κ1) is 13.8. The molecule has 0 radical (unpaired) electrons. The van der Waals surface area contributed by atoms with Crippen molar-refractivity contribution in [3.63, 3.8) is 0 Å². The Balaban J connectivity index is 1.36. The van der Waals surface area contributed by atoms with Gasteiger partial charge in [0.2, 0.25) is 0 Å². The zero-order valence-electron chi connectivity index (χ0n) is 13.0. The zero-order chi connectivity index (χ0) is 14.1. The second-order valence-corrected chi connectivity index (χ2v) is 7.24. The highest BCUT2D eigenvalue weighted by Gasteiger charge is 2.34. The first-order valence-electron chi connectivity index (χ1n) is 8.88. The maximum atomic E-state index is 4.87. The minimum absolute atomic E-state index is 0.662. The molecular formula is C17H28N4. The summed E-state index contributed by atoms with van der Waals surface area (Å²) in [5.41, 5.74) is 1.26. The molecule has 3 heterocycles. The van der Waals surface area contributed by atoms with E-state index in [-0.39, 0.29) is 0 Å². The molecule has 4 nitrogen and oxygen atoms in total. The summed E-state index contributed by atoms with van der Waals surface area (Å²) >= 11 is 0. The van der Waals surface area contributed by atoms with Crippen LogP contribution in [0.3, 0.4) is 0 Å². The number of hydrogen-bond donors (Lipinski definition) is 1. The van der Waals surface area contributed by atoms with E-state index in [2.05, 4.69) is 27.2 Å². The summed E-state index contributed by atoms with van der Waals surface area (Å²) < 4.78 is 2.25. The van der Waals surface area contributed by atoms with Crippen LogP contribution in [0, 0.1) is 5.92 Å². The van der Waals surface area contributed by atoms with Gasteiger partial charge in [0.15, 0.2) is 0 Å². The number of piperidine rings is 1. The van der Waals surface area contributed by atoms with E-state index >= 15 is 0 Å². The molecule has 1 aliphatic carbocycles. The van der Waals surface area contributed by atoms with Crippen LogP contribution >= 0.6 is 0 Å². The third-order valence-corrected chi connectivity index (χ3v) is 5.67. The molecule has 0 bridgehead atoms. The summed E-state index contributed by atoms with van der Waals surface area (Å²) in [4.78, 5) is 2.60. The van der Waals surface area contributed by atoms with E-state index in [4.69, 9.17) is 5.10 Å². The molecule has 3 aliphatic rings. The molecule has 3 fully saturated rings. The Morgan fingerprint density at radius 1 is 1.10 bits per heavy atom. The van der Waals surface area contributed by atoms with Crippen LogP contribution in [0.15, 0.2) is 12.3 Å². The van der Waals surface area contributed by atoms with E-state index in [1.165, 1.54) is 70.3 Å². The van der Waals surface area contributed by atoms with Crippen molar-refractivity contribution in [3.05, 3.63) is 18.0 Å². The van der Waals surface area contributed by atoms with Gasteiger partial charge in [0.1, 0.15) is 0 Å². The maximum absolute atomic E-state index is 4.87. The molecule has 1 N–H and O–H groups in total. The number of hydrogen-bond acceptors (Lipinski definition) is 3. The summed E-state index contributed by atoms with van der Waals surface area (Å²) in [6.45, 7) is 4.72. The highest BCUT2D eigenvalue weighted by atomic mass is 15.3. The summed E-state index contributed by atoms with van der Waals surface area (Å²) in [7, 11) is 0. The fraction of sp³-hybridized carbons (Fsp3) is 0.824. The van der Waals surface area contributed by atoms with E-state index in [0.29, 0.717) is 6.04 Å². The van der Waals surface area contributed by atoms with Crippen LogP contribution < -0.4 is 5.32 Å². The lowest BCUT2D eigenvalue weighted by Gasteiger charge is -2.24.